The van der Waals surface area contributed by atoms with Crippen LogP contribution in [0, 0.1) is 12.7 Å². The Bertz CT molecular complexity index is 630. The molecular weight excluding hydrogens is 353 g/mol. The highest BCUT2D eigenvalue weighted by Gasteiger charge is 2.18. The van der Waals surface area contributed by atoms with Crippen LogP contribution in [0.4, 0.5) is 4.39 Å². The summed E-state index contributed by atoms with van der Waals surface area (Å²) in [6.45, 7) is 4.97. The molecule has 112 valence electrons. The third-order valence-electron chi connectivity index (χ3n) is 3.41. The van der Waals surface area contributed by atoms with Gasteiger partial charge in [-0.25, -0.2) is 4.39 Å². The van der Waals surface area contributed by atoms with Crippen molar-refractivity contribution in [1.82, 2.24) is 5.32 Å². The van der Waals surface area contributed by atoms with Gasteiger partial charge in [-0.3, -0.25) is 0 Å². The Hall–Kier alpha value is -0.900. The zero-order chi connectivity index (χ0) is 15.4. The molecule has 2 rings (SSSR count). The standard InChI is InChI=1S/C17H18BrClFN/c1-3-9-21-17(12-7-8-15(20)14(18)10-12)13-6-4-5-11(2)16(13)19/h4-8,10,17,21H,3,9H2,1-2H3. The maximum atomic E-state index is 13.5. The number of halogens is 3. The molecule has 0 radical (unpaired) electrons. The number of benzene rings is 2. The Labute approximate surface area is 138 Å². The van der Waals surface area contributed by atoms with Gasteiger partial charge < -0.3 is 5.32 Å². The fourth-order valence-corrected chi connectivity index (χ4v) is 2.91. The lowest BCUT2D eigenvalue weighted by Gasteiger charge is -2.22. The molecule has 0 aliphatic carbocycles. The quantitative estimate of drug-likeness (QED) is 0.718. The predicted octanol–water partition coefficient (Wildman–Crippen LogP) is 5.64. The van der Waals surface area contributed by atoms with E-state index in [1.54, 1.807) is 12.1 Å². The Morgan fingerprint density at radius 2 is 2.05 bits per heavy atom. The second kappa shape index (κ2) is 7.39. The third-order valence-corrected chi connectivity index (χ3v) is 4.53. The zero-order valence-electron chi connectivity index (χ0n) is 12.1. The van der Waals surface area contributed by atoms with Crippen molar-refractivity contribution in [3.05, 3.63) is 68.4 Å². The summed E-state index contributed by atoms with van der Waals surface area (Å²) in [5.41, 5.74) is 3.05. The molecule has 2 aromatic carbocycles. The average Bonchev–Trinajstić information content (AvgIpc) is 2.47. The van der Waals surface area contributed by atoms with Crippen LogP contribution in [0.1, 0.15) is 36.1 Å². The van der Waals surface area contributed by atoms with E-state index in [2.05, 4.69) is 28.2 Å². The van der Waals surface area contributed by atoms with E-state index < -0.39 is 0 Å². The largest absolute Gasteiger partial charge is 0.306 e. The number of hydrogen-bond donors (Lipinski definition) is 1. The first-order valence-corrected chi connectivity index (χ1v) is 8.15. The van der Waals surface area contributed by atoms with E-state index in [-0.39, 0.29) is 11.9 Å². The second-order valence-electron chi connectivity index (χ2n) is 5.04. The molecule has 0 saturated carbocycles. The SMILES string of the molecule is CCCNC(c1ccc(F)c(Br)c1)c1cccc(C)c1Cl. The van der Waals surface area contributed by atoms with E-state index in [1.165, 1.54) is 6.07 Å². The second-order valence-corrected chi connectivity index (χ2v) is 6.27. The molecular formula is C17H18BrClFN. The highest BCUT2D eigenvalue weighted by molar-refractivity contribution is 9.10. The van der Waals surface area contributed by atoms with E-state index in [0.29, 0.717) is 4.47 Å². The van der Waals surface area contributed by atoms with Gasteiger partial charge in [0, 0.05) is 5.02 Å². The molecule has 1 unspecified atom stereocenters. The molecule has 0 bridgehead atoms. The third kappa shape index (κ3) is 3.85. The monoisotopic (exact) mass is 369 g/mol. The molecule has 21 heavy (non-hydrogen) atoms. The van der Waals surface area contributed by atoms with Gasteiger partial charge in [0.2, 0.25) is 0 Å². The van der Waals surface area contributed by atoms with Crippen LogP contribution in [0.3, 0.4) is 0 Å². The molecule has 0 heterocycles. The van der Waals surface area contributed by atoms with Gasteiger partial charge in [-0.1, -0.05) is 42.8 Å². The summed E-state index contributed by atoms with van der Waals surface area (Å²) in [7, 11) is 0. The van der Waals surface area contributed by atoms with E-state index in [9.17, 15) is 4.39 Å². The average molecular weight is 371 g/mol. The van der Waals surface area contributed by atoms with Crippen molar-refractivity contribution in [3.63, 3.8) is 0 Å². The highest BCUT2D eigenvalue weighted by atomic mass is 79.9. The van der Waals surface area contributed by atoms with Crippen molar-refractivity contribution in [2.45, 2.75) is 26.3 Å². The molecule has 0 saturated heterocycles. The van der Waals surface area contributed by atoms with Crippen LogP contribution in [-0.2, 0) is 0 Å². The van der Waals surface area contributed by atoms with E-state index in [4.69, 9.17) is 11.6 Å². The van der Waals surface area contributed by atoms with Crippen LogP contribution in [0.25, 0.3) is 0 Å². The normalized spacial score (nSPS) is 12.4. The minimum Gasteiger partial charge on any atom is -0.306 e. The number of aryl methyl sites for hydroxylation is 1. The molecule has 0 fully saturated rings. The molecule has 4 heteroatoms. The lowest BCUT2D eigenvalue weighted by atomic mass is 9.97. The smallest absolute Gasteiger partial charge is 0.137 e. The van der Waals surface area contributed by atoms with Crippen LogP contribution in [-0.4, -0.2) is 6.54 Å². The molecule has 0 aliphatic heterocycles. The van der Waals surface area contributed by atoms with Crippen molar-refractivity contribution >= 4 is 27.5 Å². The molecule has 2 aromatic rings. The Kier molecular flexibility index (Phi) is 5.80. The molecule has 0 aromatic heterocycles. The van der Waals surface area contributed by atoms with Crippen molar-refractivity contribution in [2.75, 3.05) is 6.54 Å². The minimum atomic E-state index is -0.261. The van der Waals surface area contributed by atoms with E-state index in [1.807, 2.05) is 25.1 Å². The Morgan fingerprint density at radius 1 is 1.29 bits per heavy atom. The first kappa shape index (κ1) is 16.5. The summed E-state index contributed by atoms with van der Waals surface area (Å²) in [6.07, 6.45) is 1.02. The molecule has 0 spiro atoms. The highest BCUT2D eigenvalue weighted by Crippen LogP contribution is 2.32. The van der Waals surface area contributed by atoms with E-state index in [0.717, 1.165) is 34.7 Å². The van der Waals surface area contributed by atoms with Crippen molar-refractivity contribution in [1.29, 1.82) is 0 Å². The van der Waals surface area contributed by atoms with Gasteiger partial charge in [0.05, 0.1) is 10.5 Å². The van der Waals surface area contributed by atoms with Gasteiger partial charge in [0.1, 0.15) is 5.82 Å². The van der Waals surface area contributed by atoms with Gasteiger partial charge in [-0.15, -0.1) is 0 Å². The fraction of sp³-hybridized carbons (Fsp3) is 0.294. The number of hydrogen-bond acceptors (Lipinski definition) is 1. The minimum absolute atomic E-state index is 0.0470. The van der Waals surface area contributed by atoms with Gasteiger partial charge in [-0.2, -0.15) is 0 Å². The summed E-state index contributed by atoms with van der Waals surface area (Å²) in [4.78, 5) is 0. The summed E-state index contributed by atoms with van der Waals surface area (Å²) in [5.74, 6) is -0.261. The van der Waals surface area contributed by atoms with Gasteiger partial charge >= 0.3 is 0 Å². The van der Waals surface area contributed by atoms with E-state index >= 15 is 0 Å². The maximum absolute atomic E-state index is 13.5. The van der Waals surface area contributed by atoms with Crippen LogP contribution < -0.4 is 5.32 Å². The van der Waals surface area contributed by atoms with Crippen molar-refractivity contribution in [2.24, 2.45) is 0 Å². The predicted molar refractivity (Wildman–Crippen MR) is 90.4 cm³/mol. The van der Waals surface area contributed by atoms with Gasteiger partial charge in [0.25, 0.3) is 0 Å². The van der Waals surface area contributed by atoms with Crippen molar-refractivity contribution in [3.8, 4) is 0 Å². The Morgan fingerprint density at radius 3 is 2.71 bits per heavy atom. The summed E-state index contributed by atoms with van der Waals surface area (Å²) < 4.78 is 13.9. The van der Waals surface area contributed by atoms with Crippen LogP contribution in [0.2, 0.25) is 5.02 Å². The zero-order valence-corrected chi connectivity index (χ0v) is 14.4. The summed E-state index contributed by atoms with van der Waals surface area (Å²) >= 11 is 9.71. The molecule has 0 aliphatic rings. The topological polar surface area (TPSA) is 12.0 Å². The molecule has 1 nitrogen and oxygen atoms in total. The van der Waals surface area contributed by atoms with Gasteiger partial charge in [0.15, 0.2) is 0 Å². The van der Waals surface area contributed by atoms with Crippen LogP contribution in [0.15, 0.2) is 40.9 Å². The van der Waals surface area contributed by atoms with Crippen LogP contribution >= 0.6 is 27.5 Å². The summed E-state index contributed by atoms with van der Waals surface area (Å²) in [5, 5.41) is 4.25. The first-order valence-electron chi connectivity index (χ1n) is 6.98. The molecule has 1 atom stereocenters. The number of rotatable bonds is 5. The van der Waals surface area contributed by atoms with Crippen LogP contribution in [0.5, 0.6) is 0 Å². The first-order chi connectivity index (χ1) is 10.0. The number of nitrogens with one attached hydrogen (secondary N) is 1. The van der Waals surface area contributed by atoms with Gasteiger partial charge in [-0.05, 0) is 64.6 Å². The van der Waals surface area contributed by atoms with Crippen molar-refractivity contribution < 1.29 is 4.39 Å². The molecule has 0 amide bonds. The maximum Gasteiger partial charge on any atom is 0.137 e. The lowest BCUT2D eigenvalue weighted by Crippen LogP contribution is -2.23. The molecule has 1 N–H and O–H groups in total. The lowest BCUT2D eigenvalue weighted by molar-refractivity contribution is 0.591. The Balaban J connectivity index is 2.47. The fourth-order valence-electron chi connectivity index (χ4n) is 2.28. The summed E-state index contributed by atoms with van der Waals surface area (Å²) in [6, 6.07) is 11.0.